The Morgan fingerprint density at radius 2 is 1.55 bits per heavy atom. The van der Waals surface area contributed by atoms with E-state index in [2.05, 4.69) is 0 Å². The van der Waals surface area contributed by atoms with Crippen molar-refractivity contribution in [3.8, 4) is 0 Å². The molecule has 0 amide bonds. The van der Waals surface area contributed by atoms with Gasteiger partial charge in [-0.3, -0.25) is 0 Å². The van der Waals surface area contributed by atoms with Crippen molar-refractivity contribution in [2.75, 3.05) is 0 Å². The van der Waals surface area contributed by atoms with Crippen molar-refractivity contribution in [2.45, 2.75) is 50.6 Å². The van der Waals surface area contributed by atoms with E-state index < -0.39 is 52.8 Å². The average Bonchev–Trinajstić information content (AvgIpc) is 2.64. The Kier molecular flexibility index (Phi) is 7.93. The second kappa shape index (κ2) is 9.55. The standard InChI is InChI=1S/C21H19Cl2F7O/c1-12(8-13-2-4-16(22)5-3-13)6-7-19(31,21(28,29)30)11-14-9-15(20(25,26)27)10-17(23)18(14)24/h2-5,9-10,12,31H,6-8,11H2,1H3. The van der Waals surface area contributed by atoms with Gasteiger partial charge in [-0.15, -0.1) is 0 Å². The molecule has 0 aliphatic heterocycles. The number of benzene rings is 2. The zero-order valence-corrected chi connectivity index (χ0v) is 17.7. The maximum absolute atomic E-state index is 14.2. The lowest BCUT2D eigenvalue weighted by molar-refractivity contribution is -0.263. The Labute approximate surface area is 184 Å². The molecular formula is C21H19Cl2F7O. The molecular weight excluding hydrogens is 472 g/mol. The van der Waals surface area contributed by atoms with Crippen LogP contribution < -0.4 is 0 Å². The molecule has 2 aromatic rings. The van der Waals surface area contributed by atoms with Crippen molar-refractivity contribution < 1.29 is 35.8 Å². The molecule has 0 fully saturated rings. The molecule has 172 valence electrons. The largest absolute Gasteiger partial charge is 0.417 e. The fraction of sp³-hybridized carbons (Fsp3) is 0.429. The van der Waals surface area contributed by atoms with Crippen LogP contribution in [0.4, 0.5) is 30.7 Å². The maximum atomic E-state index is 14.2. The molecule has 1 nitrogen and oxygen atoms in total. The molecule has 1 N–H and O–H groups in total. The van der Waals surface area contributed by atoms with Crippen LogP contribution in [-0.2, 0) is 19.0 Å². The highest BCUT2D eigenvalue weighted by Gasteiger charge is 2.53. The first-order valence-corrected chi connectivity index (χ1v) is 9.96. The number of rotatable bonds is 7. The van der Waals surface area contributed by atoms with Gasteiger partial charge in [0.15, 0.2) is 5.60 Å². The Bertz CT molecular complexity index is 894. The SMILES string of the molecule is CC(CCC(O)(Cc1cc(C(F)(F)F)cc(Cl)c1F)C(F)(F)F)Cc1ccc(Cl)cc1. The first kappa shape index (κ1) is 25.7. The van der Waals surface area contributed by atoms with Crippen LogP contribution in [0.1, 0.15) is 36.5 Å². The lowest BCUT2D eigenvalue weighted by atomic mass is 9.84. The van der Waals surface area contributed by atoms with Gasteiger partial charge in [0.1, 0.15) is 5.82 Å². The van der Waals surface area contributed by atoms with Crippen molar-refractivity contribution in [3.63, 3.8) is 0 Å². The summed E-state index contributed by atoms with van der Waals surface area (Å²) in [6.45, 7) is 1.67. The molecule has 0 aromatic heterocycles. The fourth-order valence-corrected chi connectivity index (χ4v) is 3.56. The molecule has 0 saturated carbocycles. The van der Waals surface area contributed by atoms with Crippen LogP contribution in [0.25, 0.3) is 0 Å². The monoisotopic (exact) mass is 490 g/mol. The number of alkyl halides is 6. The topological polar surface area (TPSA) is 20.2 Å². The Balaban J connectivity index is 2.23. The Morgan fingerprint density at radius 3 is 2.06 bits per heavy atom. The first-order valence-electron chi connectivity index (χ1n) is 9.21. The summed E-state index contributed by atoms with van der Waals surface area (Å²) in [5.74, 6) is -1.73. The molecule has 0 heterocycles. The second-order valence-electron chi connectivity index (χ2n) is 7.61. The summed E-state index contributed by atoms with van der Waals surface area (Å²) in [6, 6.07) is 7.24. The van der Waals surface area contributed by atoms with Crippen molar-refractivity contribution >= 4 is 23.2 Å². The van der Waals surface area contributed by atoms with E-state index in [1.165, 1.54) is 0 Å². The summed E-state index contributed by atoms with van der Waals surface area (Å²) >= 11 is 11.2. The number of hydrogen-bond donors (Lipinski definition) is 1. The van der Waals surface area contributed by atoms with E-state index in [1.807, 2.05) is 0 Å². The van der Waals surface area contributed by atoms with Crippen LogP contribution in [0.2, 0.25) is 10.0 Å². The summed E-state index contributed by atoms with van der Waals surface area (Å²) in [4.78, 5) is 0. The van der Waals surface area contributed by atoms with E-state index in [9.17, 15) is 35.8 Å². The van der Waals surface area contributed by atoms with Crippen LogP contribution in [-0.4, -0.2) is 16.9 Å². The van der Waals surface area contributed by atoms with Crippen LogP contribution in [0.15, 0.2) is 36.4 Å². The minimum atomic E-state index is -5.19. The normalized spacial score (nSPS) is 15.6. The number of hydrogen-bond acceptors (Lipinski definition) is 1. The molecule has 2 aromatic carbocycles. The van der Waals surface area contributed by atoms with Gasteiger partial charge < -0.3 is 5.11 Å². The fourth-order valence-electron chi connectivity index (χ4n) is 3.19. The molecule has 0 bridgehead atoms. The summed E-state index contributed by atoms with van der Waals surface area (Å²) < 4.78 is 94.0. The molecule has 0 aliphatic carbocycles. The highest BCUT2D eigenvalue weighted by Crippen LogP contribution is 2.40. The van der Waals surface area contributed by atoms with Crippen LogP contribution >= 0.6 is 23.2 Å². The predicted octanol–water partition coefficient (Wildman–Crippen LogP) is 7.65. The smallest absolute Gasteiger partial charge is 0.380 e. The van der Waals surface area contributed by atoms with E-state index >= 15 is 0 Å². The second-order valence-corrected chi connectivity index (χ2v) is 8.45. The number of aliphatic hydroxyl groups is 1. The van der Waals surface area contributed by atoms with Gasteiger partial charge in [0, 0.05) is 11.4 Å². The summed E-state index contributed by atoms with van der Waals surface area (Å²) in [7, 11) is 0. The van der Waals surface area contributed by atoms with Crippen molar-refractivity contribution in [2.24, 2.45) is 5.92 Å². The Morgan fingerprint density at radius 1 is 0.968 bits per heavy atom. The quantitative estimate of drug-likeness (QED) is 0.395. The molecule has 0 spiro atoms. The van der Waals surface area contributed by atoms with E-state index in [4.69, 9.17) is 23.2 Å². The average molecular weight is 491 g/mol. The first-order chi connectivity index (χ1) is 14.1. The molecule has 0 aliphatic rings. The van der Waals surface area contributed by atoms with E-state index in [0.717, 1.165) is 5.56 Å². The third kappa shape index (κ3) is 6.73. The van der Waals surface area contributed by atoms with E-state index in [-0.39, 0.29) is 18.4 Å². The lowest BCUT2D eigenvalue weighted by Gasteiger charge is -2.32. The molecule has 2 unspecified atom stereocenters. The minimum Gasteiger partial charge on any atom is -0.380 e. The highest BCUT2D eigenvalue weighted by molar-refractivity contribution is 6.31. The molecule has 0 radical (unpaired) electrons. The maximum Gasteiger partial charge on any atom is 0.417 e. The summed E-state index contributed by atoms with van der Waals surface area (Å²) in [6.07, 6.45) is -12.0. The van der Waals surface area contributed by atoms with Crippen molar-refractivity contribution in [3.05, 3.63) is 69.0 Å². The van der Waals surface area contributed by atoms with Gasteiger partial charge in [-0.05, 0) is 60.6 Å². The third-order valence-corrected chi connectivity index (χ3v) is 5.52. The zero-order chi connectivity index (χ0) is 23.6. The van der Waals surface area contributed by atoms with E-state index in [1.54, 1.807) is 31.2 Å². The molecule has 31 heavy (non-hydrogen) atoms. The van der Waals surface area contributed by atoms with Crippen molar-refractivity contribution in [1.29, 1.82) is 0 Å². The van der Waals surface area contributed by atoms with Gasteiger partial charge in [0.2, 0.25) is 0 Å². The van der Waals surface area contributed by atoms with Gasteiger partial charge >= 0.3 is 12.4 Å². The van der Waals surface area contributed by atoms with Gasteiger partial charge in [-0.2, -0.15) is 26.3 Å². The third-order valence-electron chi connectivity index (χ3n) is 4.99. The van der Waals surface area contributed by atoms with Gasteiger partial charge in [-0.1, -0.05) is 42.3 Å². The molecule has 2 atom stereocenters. The summed E-state index contributed by atoms with van der Waals surface area (Å²) in [5, 5.41) is 9.87. The van der Waals surface area contributed by atoms with Gasteiger partial charge in [0.25, 0.3) is 0 Å². The van der Waals surface area contributed by atoms with Gasteiger partial charge in [-0.25, -0.2) is 4.39 Å². The molecule has 10 heteroatoms. The van der Waals surface area contributed by atoms with Crippen molar-refractivity contribution in [1.82, 2.24) is 0 Å². The van der Waals surface area contributed by atoms with Crippen LogP contribution in [0.3, 0.4) is 0 Å². The van der Waals surface area contributed by atoms with E-state index in [0.29, 0.717) is 17.5 Å². The molecule has 0 saturated heterocycles. The summed E-state index contributed by atoms with van der Waals surface area (Å²) in [5.41, 5.74) is -4.95. The molecule has 2 rings (SSSR count). The lowest BCUT2D eigenvalue weighted by Crippen LogP contribution is -2.47. The minimum absolute atomic E-state index is 0.104. The highest BCUT2D eigenvalue weighted by atomic mass is 35.5. The van der Waals surface area contributed by atoms with Crippen LogP contribution in [0.5, 0.6) is 0 Å². The predicted molar refractivity (Wildman–Crippen MR) is 105 cm³/mol. The number of halogens is 9. The Hall–Kier alpha value is -1.51. The van der Waals surface area contributed by atoms with Gasteiger partial charge in [0.05, 0.1) is 10.6 Å². The van der Waals surface area contributed by atoms with Crippen LogP contribution in [0, 0.1) is 11.7 Å². The zero-order valence-electron chi connectivity index (χ0n) is 16.2.